The maximum Gasteiger partial charge on any atom is 0.167 e. The van der Waals surface area contributed by atoms with E-state index in [0.29, 0.717) is 22.5 Å². The molecule has 0 saturated carbocycles. The van der Waals surface area contributed by atoms with Crippen molar-refractivity contribution in [2.24, 2.45) is 0 Å². The number of hydrogen-bond acceptors (Lipinski definition) is 4. The van der Waals surface area contributed by atoms with Gasteiger partial charge in [-0.2, -0.15) is 0 Å². The summed E-state index contributed by atoms with van der Waals surface area (Å²) in [6.45, 7) is 0. The summed E-state index contributed by atoms with van der Waals surface area (Å²) in [5.74, 6) is -0.824. The number of rotatable bonds is 4. The molecule has 0 unspecified atom stereocenters. The van der Waals surface area contributed by atoms with Crippen LogP contribution in [-0.4, -0.2) is 10.8 Å². The van der Waals surface area contributed by atoms with Crippen LogP contribution in [0, 0.1) is 11.6 Å². The zero-order valence-corrected chi connectivity index (χ0v) is 17.4. The molecule has 2 N–H and O–H groups in total. The maximum atomic E-state index is 14.3. The minimum Gasteiger partial charge on any atom is -0.384 e. The van der Waals surface area contributed by atoms with Gasteiger partial charge in [-0.05, 0) is 63.7 Å². The Hall–Kier alpha value is -3.90. The fraction of sp³-hybridized carbons (Fsp3) is 0.111. The van der Waals surface area contributed by atoms with E-state index in [2.05, 4.69) is 4.98 Å². The number of ketones is 1. The quantitative estimate of drug-likeness (QED) is 0.422. The summed E-state index contributed by atoms with van der Waals surface area (Å²) in [6, 6.07) is 18.4. The number of nitrogens with zero attached hydrogens (tertiary/aromatic N) is 1. The van der Waals surface area contributed by atoms with Crippen molar-refractivity contribution in [1.82, 2.24) is 4.98 Å². The third kappa shape index (κ3) is 3.22. The van der Waals surface area contributed by atoms with Crippen LogP contribution in [0.3, 0.4) is 0 Å². The van der Waals surface area contributed by atoms with E-state index in [-0.39, 0.29) is 24.4 Å². The number of carbonyl (C=O) groups excluding carboxylic acids is 1. The second kappa shape index (κ2) is 7.32. The average molecular weight is 440 g/mol. The number of hydrogen-bond donors (Lipinski definition) is 1. The van der Waals surface area contributed by atoms with E-state index in [1.807, 2.05) is 36.4 Å². The number of Topliss-reactive ketones (excluding diaryl/α,β-unsaturated/α-hetero) is 1. The summed E-state index contributed by atoms with van der Waals surface area (Å²) >= 11 is 0. The highest BCUT2D eigenvalue weighted by Crippen LogP contribution is 2.54. The number of pyridine rings is 1. The van der Waals surface area contributed by atoms with Crippen molar-refractivity contribution in [1.29, 1.82) is 0 Å². The summed E-state index contributed by atoms with van der Waals surface area (Å²) < 4.78 is 33.9. The molecule has 0 aliphatic carbocycles. The van der Waals surface area contributed by atoms with Gasteiger partial charge in [0.05, 0.1) is 0 Å². The molecule has 4 aromatic rings. The summed E-state index contributed by atoms with van der Waals surface area (Å²) in [6.07, 6.45) is 1.30. The molecular formula is C27H18F2N2O2. The molecule has 2 atom stereocenters. The molecule has 0 fully saturated rings. The van der Waals surface area contributed by atoms with Crippen molar-refractivity contribution in [2.45, 2.75) is 18.6 Å². The zero-order valence-electron chi connectivity index (χ0n) is 17.4. The number of halogens is 2. The van der Waals surface area contributed by atoms with E-state index in [4.69, 9.17) is 10.5 Å². The Morgan fingerprint density at radius 2 is 1.64 bits per heavy atom. The molecule has 0 radical (unpaired) electrons. The SMILES string of the molecule is Nc1ccc(CC(=O)c2ccc3c(c2)[C@@H]2O[C@H]3c3ccc(-c4ccc(F)cc4F)cc32)cn1. The lowest BCUT2D eigenvalue weighted by molar-refractivity contribution is 0.0857. The summed E-state index contributed by atoms with van der Waals surface area (Å²) in [5, 5.41) is 0. The number of nitrogens with two attached hydrogens (primary N) is 1. The van der Waals surface area contributed by atoms with Crippen molar-refractivity contribution >= 4 is 11.6 Å². The largest absolute Gasteiger partial charge is 0.384 e. The van der Waals surface area contributed by atoms with Crippen molar-refractivity contribution in [3.8, 4) is 11.1 Å². The Balaban J connectivity index is 1.32. The van der Waals surface area contributed by atoms with Crippen LogP contribution in [0.15, 0.2) is 72.9 Å². The number of carbonyl (C=O) groups is 1. The second-order valence-electron chi connectivity index (χ2n) is 8.40. The highest BCUT2D eigenvalue weighted by atomic mass is 19.1. The molecule has 2 aliphatic rings. The number of ether oxygens (including phenoxy) is 1. The first-order chi connectivity index (χ1) is 16.0. The highest BCUT2D eigenvalue weighted by molar-refractivity contribution is 5.98. The van der Waals surface area contributed by atoms with Crippen LogP contribution in [0.4, 0.5) is 14.6 Å². The van der Waals surface area contributed by atoms with E-state index in [0.717, 1.165) is 33.9 Å². The topological polar surface area (TPSA) is 65.2 Å². The Bertz CT molecular complexity index is 1430. The fourth-order valence-electron chi connectivity index (χ4n) is 4.74. The first kappa shape index (κ1) is 19.8. The van der Waals surface area contributed by atoms with Crippen molar-refractivity contribution < 1.29 is 18.3 Å². The Labute approximate surface area is 188 Å². The monoisotopic (exact) mass is 440 g/mol. The van der Waals surface area contributed by atoms with Gasteiger partial charge in [0.15, 0.2) is 5.78 Å². The molecule has 162 valence electrons. The number of benzene rings is 3. The van der Waals surface area contributed by atoms with Crippen LogP contribution in [0.25, 0.3) is 11.1 Å². The van der Waals surface area contributed by atoms with E-state index < -0.39 is 11.6 Å². The Morgan fingerprint density at radius 3 is 2.39 bits per heavy atom. The average Bonchev–Trinajstić information content (AvgIpc) is 3.37. The van der Waals surface area contributed by atoms with Gasteiger partial charge in [-0.25, -0.2) is 13.8 Å². The van der Waals surface area contributed by atoms with Gasteiger partial charge in [-0.15, -0.1) is 0 Å². The lowest BCUT2D eigenvalue weighted by Crippen LogP contribution is -2.08. The molecule has 33 heavy (non-hydrogen) atoms. The molecule has 6 rings (SSSR count). The third-order valence-corrected chi connectivity index (χ3v) is 6.35. The lowest BCUT2D eigenvalue weighted by atomic mass is 9.83. The molecule has 2 aliphatic heterocycles. The molecular weight excluding hydrogens is 422 g/mol. The van der Waals surface area contributed by atoms with Crippen LogP contribution >= 0.6 is 0 Å². The van der Waals surface area contributed by atoms with Gasteiger partial charge in [0.1, 0.15) is 29.7 Å². The van der Waals surface area contributed by atoms with Gasteiger partial charge in [-0.1, -0.05) is 30.3 Å². The predicted octanol–water partition coefficient (Wildman–Crippen LogP) is 5.56. The predicted molar refractivity (Wildman–Crippen MR) is 120 cm³/mol. The summed E-state index contributed by atoms with van der Waals surface area (Å²) in [7, 11) is 0. The smallest absolute Gasteiger partial charge is 0.167 e. The first-order valence-corrected chi connectivity index (χ1v) is 10.6. The highest BCUT2D eigenvalue weighted by Gasteiger charge is 2.43. The normalized spacial score (nSPS) is 17.6. The number of anilines is 1. The number of nitrogen functional groups attached to an aromatic ring is 1. The van der Waals surface area contributed by atoms with E-state index in [1.54, 1.807) is 18.3 Å². The lowest BCUT2D eigenvalue weighted by Gasteiger charge is -2.18. The molecule has 0 saturated heterocycles. The van der Waals surface area contributed by atoms with Crippen LogP contribution < -0.4 is 5.73 Å². The number of aromatic nitrogens is 1. The van der Waals surface area contributed by atoms with Gasteiger partial charge in [-0.3, -0.25) is 4.79 Å². The van der Waals surface area contributed by atoms with Crippen LogP contribution in [0.2, 0.25) is 0 Å². The molecule has 2 bridgehead atoms. The molecule has 3 aromatic carbocycles. The van der Waals surface area contributed by atoms with Crippen molar-refractivity contribution in [3.63, 3.8) is 0 Å². The van der Waals surface area contributed by atoms with Gasteiger partial charge in [0.2, 0.25) is 0 Å². The van der Waals surface area contributed by atoms with Crippen LogP contribution in [0.1, 0.15) is 50.4 Å². The molecule has 0 amide bonds. The number of fused-ring (bicyclic) bond motifs is 8. The fourth-order valence-corrected chi connectivity index (χ4v) is 4.74. The molecule has 3 heterocycles. The summed E-state index contributed by atoms with van der Waals surface area (Å²) in [4.78, 5) is 16.9. The molecule has 6 heteroatoms. The van der Waals surface area contributed by atoms with Gasteiger partial charge < -0.3 is 10.5 Å². The van der Waals surface area contributed by atoms with E-state index in [9.17, 15) is 13.6 Å². The minimum absolute atomic E-state index is 0.0190. The zero-order chi connectivity index (χ0) is 22.7. The molecule has 1 aromatic heterocycles. The van der Waals surface area contributed by atoms with E-state index in [1.165, 1.54) is 12.1 Å². The van der Waals surface area contributed by atoms with Crippen molar-refractivity contribution in [2.75, 3.05) is 5.73 Å². The van der Waals surface area contributed by atoms with Crippen LogP contribution in [0.5, 0.6) is 0 Å². The van der Waals surface area contributed by atoms with Crippen molar-refractivity contribution in [3.05, 3.63) is 118 Å². The third-order valence-electron chi connectivity index (χ3n) is 6.35. The van der Waals surface area contributed by atoms with Gasteiger partial charge >= 0.3 is 0 Å². The Morgan fingerprint density at radius 1 is 0.879 bits per heavy atom. The second-order valence-corrected chi connectivity index (χ2v) is 8.40. The van der Waals surface area contributed by atoms with Gasteiger partial charge in [0, 0.05) is 29.8 Å². The molecule has 0 spiro atoms. The standard InChI is InChI=1S/C27H18F2N2O2/c28-17-4-7-18(23(29)12-17)15-2-5-19-21(10-15)27-22-11-16(3-6-20(22)26(19)33-27)24(32)9-14-1-8-25(30)31-13-14/h1-8,10-13,26-27H,9H2,(H2,30,31)/t26-,27+/m0/s1. The first-order valence-electron chi connectivity index (χ1n) is 10.6. The summed E-state index contributed by atoms with van der Waals surface area (Å²) in [5.41, 5.74) is 12.0. The van der Waals surface area contributed by atoms with E-state index >= 15 is 0 Å². The Kier molecular flexibility index (Phi) is 4.38. The minimum atomic E-state index is -0.610. The maximum absolute atomic E-state index is 14.3. The van der Waals surface area contributed by atoms with Crippen LogP contribution in [-0.2, 0) is 11.2 Å². The molecule has 4 nitrogen and oxygen atoms in total. The van der Waals surface area contributed by atoms with Gasteiger partial charge in [0.25, 0.3) is 0 Å².